The number of ether oxygens (including phenoxy) is 2. The summed E-state index contributed by atoms with van der Waals surface area (Å²) in [6.07, 6.45) is 10.0. The van der Waals surface area contributed by atoms with Gasteiger partial charge in [0.15, 0.2) is 17.3 Å². The highest BCUT2D eigenvalue weighted by Gasteiger charge is 2.24. The minimum Gasteiger partial charge on any atom is -0.504 e. The third-order valence-corrected chi connectivity index (χ3v) is 6.51. The summed E-state index contributed by atoms with van der Waals surface area (Å²) in [6, 6.07) is 3.80. The van der Waals surface area contributed by atoms with E-state index < -0.39 is 0 Å². The summed E-state index contributed by atoms with van der Waals surface area (Å²) in [5, 5.41) is 20.6. The van der Waals surface area contributed by atoms with Crippen LogP contribution in [0.25, 0.3) is 0 Å². The molecular weight excluding hydrogens is 432 g/mol. The smallest absolute Gasteiger partial charge is 0.161 e. The molecule has 1 aliphatic carbocycles. The molecule has 0 spiro atoms. The van der Waals surface area contributed by atoms with Crippen LogP contribution < -0.4 is 4.74 Å². The number of aromatic hydroxyl groups is 1. The van der Waals surface area contributed by atoms with Gasteiger partial charge in [-0.1, -0.05) is 19.4 Å². The second kappa shape index (κ2) is 14.9. The van der Waals surface area contributed by atoms with E-state index >= 15 is 0 Å². The van der Waals surface area contributed by atoms with Crippen molar-refractivity contribution in [3.63, 3.8) is 0 Å². The Balaban J connectivity index is 2.30. The van der Waals surface area contributed by atoms with Gasteiger partial charge in [-0.15, -0.1) is 0 Å². The number of aliphatic hydroxyl groups excluding tert-OH is 1. The van der Waals surface area contributed by atoms with Crippen molar-refractivity contribution in [1.29, 1.82) is 0 Å². The van der Waals surface area contributed by atoms with Gasteiger partial charge in [0.2, 0.25) is 0 Å². The fourth-order valence-electron chi connectivity index (χ4n) is 4.60. The van der Waals surface area contributed by atoms with E-state index in [1.807, 2.05) is 19.1 Å². The molecule has 0 amide bonds. The third-order valence-electron chi connectivity index (χ3n) is 6.51. The van der Waals surface area contributed by atoms with Crippen LogP contribution in [0.3, 0.4) is 0 Å². The van der Waals surface area contributed by atoms with Gasteiger partial charge in [0.05, 0.1) is 12.7 Å². The zero-order chi connectivity index (χ0) is 24.9. The number of phenols is 1. The molecule has 1 fully saturated rings. The van der Waals surface area contributed by atoms with E-state index in [9.17, 15) is 19.8 Å². The molecule has 1 atom stereocenters. The van der Waals surface area contributed by atoms with E-state index in [1.54, 1.807) is 20.1 Å². The fraction of sp³-hybridized carbons (Fsp3) is 0.643. The number of hydrogen-bond donors (Lipinski definition) is 2. The largest absolute Gasteiger partial charge is 0.504 e. The highest BCUT2D eigenvalue weighted by atomic mass is 16.5. The van der Waals surface area contributed by atoms with Crippen molar-refractivity contribution < 1.29 is 29.3 Å². The first-order valence-corrected chi connectivity index (χ1v) is 12.7. The third kappa shape index (κ3) is 9.22. The lowest BCUT2D eigenvalue weighted by Crippen LogP contribution is -2.13. The molecule has 1 aliphatic rings. The van der Waals surface area contributed by atoms with Crippen molar-refractivity contribution >= 4 is 11.6 Å². The normalized spacial score (nSPS) is 15.5. The number of carbonyl (C=O) groups is 2. The fourth-order valence-corrected chi connectivity index (χ4v) is 4.60. The monoisotopic (exact) mass is 474 g/mol. The van der Waals surface area contributed by atoms with E-state index in [4.69, 9.17) is 9.47 Å². The minimum absolute atomic E-state index is 0.0158. The molecule has 2 rings (SSSR count). The minimum atomic E-state index is -0.0976. The van der Waals surface area contributed by atoms with E-state index in [0.717, 1.165) is 48.8 Å². The van der Waals surface area contributed by atoms with Crippen LogP contribution in [0.1, 0.15) is 95.1 Å². The molecule has 1 aromatic rings. The molecule has 1 aromatic carbocycles. The van der Waals surface area contributed by atoms with Crippen LogP contribution in [-0.2, 0) is 20.7 Å². The van der Waals surface area contributed by atoms with Crippen LogP contribution in [-0.4, -0.2) is 48.2 Å². The molecule has 0 aliphatic heterocycles. The van der Waals surface area contributed by atoms with Crippen LogP contribution >= 0.6 is 0 Å². The van der Waals surface area contributed by atoms with Crippen LogP contribution in [0.4, 0.5) is 0 Å². The van der Waals surface area contributed by atoms with Crippen molar-refractivity contribution in [1.82, 2.24) is 0 Å². The summed E-state index contributed by atoms with van der Waals surface area (Å²) in [6.45, 7) is 4.02. The number of hydrogen-bond acceptors (Lipinski definition) is 6. The Bertz CT molecular complexity index is 822. The summed E-state index contributed by atoms with van der Waals surface area (Å²) < 4.78 is 11.5. The Labute approximate surface area is 204 Å². The first kappa shape index (κ1) is 28.1. The van der Waals surface area contributed by atoms with Crippen molar-refractivity contribution in [2.24, 2.45) is 0 Å². The average Bonchev–Trinajstić information content (AvgIpc) is 3.32. The van der Waals surface area contributed by atoms with Gasteiger partial charge in [-0.3, -0.25) is 4.79 Å². The molecule has 34 heavy (non-hydrogen) atoms. The molecule has 0 aromatic heterocycles. The SMILES string of the molecule is CCCC(=CC(=O)CCc1cc(OC2CCCC2)c(O)c([C@H](CCOC)CCC(C)=O)c1)CO. The highest BCUT2D eigenvalue weighted by Crippen LogP contribution is 2.41. The lowest BCUT2D eigenvalue weighted by atomic mass is 9.88. The second-order valence-electron chi connectivity index (χ2n) is 9.45. The van der Waals surface area contributed by atoms with Gasteiger partial charge in [-0.05, 0) is 87.5 Å². The molecule has 6 nitrogen and oxygen atoms in total. The van der Waals surface area contributed by atoms with Gasteiger partial charge in [0.25, 0.3) is 0 Å². The Morgan fingerprint density at radius 1 is 1.15 bits per heavy atom. The Morgan fingerprint density at radius 2 is 1.88 bits per heavy atom. The average molecular weight is 475 g/mol. The summed E-state index contributed by atoms with van der Waals surface area (Å²) in [7, 11) is 1.64. The zero-order valence-corrected chi connectivity index (χ0v) is 21.1. The van der Waals surface area contributed by atoms with Crippen molar-refractivity contribution in [2.75, 3.05) is 20.3 Å². The first-order chi connectivity index (χ1) is 16.4. The first-order valence-electron chi connectivity index (χ1n) is 12.7. The maximum Gasteiger partial charge on any atom is 0.161 e. The topological polar surface area (TPSA) is 93.1 Å². The van der Waals surface area contributed by atoms with E-state index in [-0.39, 0.29) is 35.9 Å². The number of phenolic OH excluding ortho intramolecular Hbond substituents is 1. The number of rotatable bonds is 16. The molecule has 0 heterocycles. The molecule has 2 N–H and O–H groups in total. The molecular formula is C28H42O6. The van der Waals surface area contributed by atoms with Gasteiger partial charge in [0.1, 0.15) is 5.78 Å². The molecule has 190 valence electrons. The molecule has 0 unspecified atom stereocenters. The number of aryl methyl sites for hydroxylation is 1. The Kier molecular flexibility index (Phi) is 12.3. The maximum absolute atomic E-state index is 12.5. The number of ketones is 2. The van der Waals surface area contributed by atoms with Crippen LogP contribution in [0.5, 0.6) is 11.5 Å². The van der Waals surface area contributed by atoms with E-state index in [2.05, 4.69) is 0 Å². The number of Topliss-reactive ketones (excluding diaryl/α,β-unsaturated/α-hetero) is 1. The van der Waals surface area contributed by atoms with Gasteiger partial charge in [-0.25, -0.2) is 0 Å². The number of carbonyl (C=O) groups excluding carboxylic acids is 2. The van der Waals surface area contributed by atoms with Crippen LogP contribution in [0, 0.1) is 0 Å². The van der Waals surface area contributed by atoms with Gasteiger partial charge in [-0.2, -0.15) is 0 Å². The van der Waals surface area contributed by atoms with Crippen molar-refractivity contribution in [2.45, 2.75) is 96.5 Å². The molecule has 1 saturated carbocycles. The molecule has 0 bridgehead atoms. The number of allylic oxidation sites excluding steroid dienone is 1. The maximum atomic E-state index is 12.5. The molecule has 6 heteroatoms. The van der Waals surface area contributed by atoms with Crippen molar-refractivity contribution in [3.05, 3.63) is 34.9 Å². The van der Waals surface area contributed by atoms with Gasteiger partial charge >= 0.3 is 0 Å². The molecule has 0 radical (unpaired) electrons. The zero-order valence-electron chi connectivity index (χ0n) is 21.1. The quantitative estimate of drug-likeness (QED) is 0.311. The number of benzene rings is 1. The summed E-state index contributed by atoms with van der Waals surface area (Å²) in [4.78, 5) is 24.2. The van der Waals surface area contributed by atoms with Crippen molar-refractivity contribution in [3.8, 4) is 11.5 Å². The predicted octanol–water partition coefficient (Wildman–Crippen LogP) is 5.42. The summed E-state index contributed by atoms with van der Waals surface area (Å²) in [5.74, 6) is 0.658. The predicted molar refractivity (Wildman–Crippen MR) is 134 cm³/mol. The lowest BCUT2D eigenvalue weighted by molar-refractivity contribution is -0.117. The standard InChI is InChI=1S/C28H42O6/c1-4-7-22(19-29)16-24(31)13-11-21-17-26(23(14-15-33-3)12-10-20(2)30)28(32)27(18-21)34-25-8-5-6-9-25/h16-18,23,25,29,32H,4-15,19H2,1-3H3/t23-/m0/s1. The Hall–Kier alpha value is -2.18. The van der Waals surface area contributed by atoms with E-state index in [1.165, 1.54) is 0 Å². The number of methoxy groups -OCH3 is 1. The molecule has 0 saturated heterocycles. The van der Waals surface area contributed by atoms with Gasteiger partial charge in [0, 0.05) is 32.1 Å². The van der Waals surface area contributed by atoms with Crippen LogP contribution in [0.2, 0.25) is 0 Å². The van der Waals surface area contributed by atoms with Crippen LogP contribution in [0.15, 0.2) is 23.8 Å². The lowest BCUT2D eigenvalue weighted by Gasteiger charge is -2.22. The summed E-state index contributed by atoms with van der Waals surface area (Å²) in [5.41, 5.74) is 2.44. The van der Waals surface area contributed by atoms with Gasteiger partial charge < -0.3 is 24.5 Å². The highest BCUT2D eigenvalue weighted by molar-refractivity contribution is 5.90. The Morgan fingerprint density at radius 3 is 2.50 bits per heavy atom. The summed E-state index contributed by atoms with van der Waals surface area (Å²) >= 11 is 0. The van der Waals surface area contributed by atoms with E-state index in [0.29, 0.717) is 50.9 Å². The second-order valence-corrected chi connectivity index (χ2v) is 9.45. The number of aliphatic hydroxyl groups is 1.